The predicted octanol–water partition coefficient (Wildman–Crippen LogP) is -0.610. The van der Waals surface area contributed by atoms with Crippen LogP contribution in [0.4, 0.5) is 5.69 Å². The van der Waals surface area contributed by atoms with E-state index in [-0.39, 0.29) is 5.69 Å². The Hall–Kier alpha value is -1.62. The van der Waals surface area contributed by atoms with Crippen molar-refractivity contribution in [3.05, 3.63) is 24.0 Å². The average Bonchev–Trinajstić information content (AvgIpc) is 2.30. The number of hydrogen-bond donors (Lipinski definition) is 2. The van der Waals surface area contributed by atoms with Gasteiger partial charge in [-0.1, -0.05) is 0 Å². The first kappa shape index (κ1) is 9.92. The number of piperazine rings is 1. The van der Waals surface area contributed by atoms with Crippen LogP contribution in [0.25, 0.3) is 0 Å². The van der Waals surface area contributed by atoms with Crippen LogP contribution in [-0.2, 0) is 0 Å². The molecular weight excluding hydrogens is 192 g/mol. The van der Waals surface area contributed by atoms with Gasteiger partial charge in [0.1, 0.15) is 5.69 Å². The Labute approximate surface area is 88.3 Å². The van der Waals surface area contributed by atoms with Crippen molar-refractivity contribution in [1.29, 1.82) is 0 Å². The molecule has 1 aromatic heterocycles. The van der Waals surface area contributed by atoms with Gasteiger partial charge in [0.2, 0.25) is 0 Å². The normalized spacial score (nSPS) is 16.4. The highest BCUT2D eigenvalue weighted by Gasteiger charge is 2.12. The van der Waals surface area contributed by atoms with Crippen molar-refractivity contribution < 1.29 is 4.79 Å². The Kier molecular flexibility index (Phi) is 2.82. The molecule has 0 aromatic carbocycles. The van der Waals surface area contributed by atoms with Crippen LogP contribution in [0.2, 0.25) is 0 Å². The predicted molar refractivity (Wildman–Crippen MR) is 56.7 cm³/mol. The third kappa shape index (κ3) is 2.24. The van der Waals surface area contributed by atoms with Crippen molar-refractivity contribution in [3.63, 3.8) is 0 Å². The Morgan fingerprint density at radius 3 is 2.93 bits per heavy atom. The number of anilines is 1. The Balaban J connectivity index is 2.19. The molecule has 1 radical (unpaired) electrons. The van der Waals surface area contributed by atoms with E-state index in [1.165, 1.54) is 0 Å². The summed E-state index contributed by atoms with van der Waals surface area (Å²) >= 11 is 0. The van der Waals surface area contributed by atoms with Gasteiger partial charge in [0, 0.05) is 44.1 Å². The third-order valence-electron chi connectivity index (χ3n) is 2.37. The Morgan fingerprint density at radius 1 is 1.53 bits per heavy atom. The average molecular weight is 205 g/mol. The fourth-order valence-corrected chi connectivity index (χ4v) is 1.59. The summed E-state index contributed by atoms with van der Waals surface area (Å²) in [5.74, 6) is -0.535. The maximum Gasteiger partial charge on any atom is 0.268 e. The van der Waals surface area contributed by atoms with Gasteiger partial charge < -0.3 is 16.0 Å². The minimum atomic E-state index is -0.535. The molecule has 0 atom stereocenters. The minimum absolute atomic E-state index is 0.200. The van der Waals surface area contributed by atoms with Crippen LogP contribution in [0.15, 0.2) is 12.3 Å². The first-order valence-electron chi connectivity index (χ1n) is 4.91. The van der Waals surface area contributed by atoms with E-state index in [9.17, 15) is 4.79 Å². The van der Waals surface area contributed by atoms with Crippen molar-refractivity contribution in [2.24, 2.45) is 5.73 Å². The fraction of sp³-hybridized carbons (Fsp3) is 0.400. The zero-order valence-corrected chi connectivity index (χ0v) is 8.36. The summed E-state index contributed by atoms with van der Waals surface area (Å²) < 4.78 is 0. The molecule has 0 spiro atoms. The molecule has 1 aliphatic heterocycles. The molecule has 1 aliphatic rings. The molecule has 5 heteroatoms. The monoisotopic (exact) mass is 205 g/mol. The molecule has 1 fully saturated rings. The van der Waals surface area contributed by atoms with Gasteiger partial charge in [0.15, 0.2) is 0 Å². The van der Waals surface area contributed by atoms with Gasteiger partial charge in [0.05, 0.1) is 0 Å². The van der Waals surface area contributed by atoms with Gasteiger partial charge in [-0.05, 0) is 6.07 Å². The van der Waals surface area contributed by atoms with E-state index in [2.05, 4.69) is 21.3 Å². The highest BCUT2D eigenvalue weighted by molar-refractivity contribution is 5.91. The van der Waals surface area contributed by atoms with Crippen LogP contribution in [0.1, 0.15) is 10.5 Å². The second kappa shape index (κ2) is 4.27. The lowest BCUT2D eigenvalue weighted by molar-refractivity contribution is 0.0995. The van der Waals surface area contributed by atoms with Crippen molar-refractivity contribution in [3.8, 4) is 0 Å². The lowest BCUT2D eigenvalue weighted by Crippen LogP contribution is -2.43. The number of rotatable bonds is 2. The maximum absolute atomic E-state index is 10.9. The topological polar surface area (TPSA) is 71.2 Å². The van der Waals surface area contributed by atoms with Crippen molar-refractivity contribution in [1.82, 2.24) is 10.3 Å². The molecule has 2 rings (SSSR count). The van der Waals surface area contributed by atoms with Gasteiger partial charge in [-0.25, -0.2) is 0 Å². The van der Waals surface area contributed by atoms with Crippen LogP contribution in [0, 0.1) is 6.07 Å². The summed E-state index contributed by atoms with van der Waals surface area (Å²) in [6.45, 7) is 3.72. The number of amides is 1. The number of primary amides is 1. The largest absolute Gasteiger partial charge is 0.368 e. The quantitative estimate of drug-likeness (QED) is 0.675. The number of nitrogens with two attached hydrogens (primary N) is 1. The van der Waals surface area contributed by atoms with E-state index in [4.69, 9.17) is 5.73 Å². The second-order valence-electron chi connectivity index (χ2n) is 3.40. The standard InChI is InChI=1S/C10H13N4O/c11-10(15)9-7-8(1-2-13-9)14-5-3-12-4-6-14/h1-2,12H,3-6H2,(H2,11,15). The van der Waals surface area contributed by atoms with Crippen LogP contribution < -0.4 is 16.0 Å². The number of pyridine rings is 1. The SMILES string of the molecule is NC(=O)c1[c]c(N2CCNCC2)ccn1. The van der Waals surface area contributed by atoms with Gasteiger partial charge in [-0.2, -0.15) is 0 Å². The van der Waals surface area contributed by atoms with Gasteiger partial charge in [0.25, 0.3) is 5.91 Å². The molecule has 1 amide bonds. The van der Waals surface area contributed by atoms with E-state index in [1.54, 1.807) is 6.20 Å². The lowest BCUT2D eigenvalue weighted by atomic mass is 10.2. The first-order chi connectivity index (χ1) is 7.27. The van der Waals surface area contributed by atoms with Gasteiger partial charge in [-0.3, -0.25) is 9.78 Å². The lowest BCUT2D eigenvalue weighted by Gasteiger charge is -2.29. The number of hydrogen-bond acceptors (Lipinski definition) is 4. The maximum atomic E-state index is 10.9. The van der Waals surface area contributed by atoms with Crippen molar-refractivity contribution in [2.75, 3.05) is 31.1 Å². The van der Waals surface area contributed by atoms with Crippen LogP contribution in [0.5, 0.6) is 0 Å². The highest BCUT2D eigenvalue weighted by atomic mass is 16.1. The van der Waals surface area contributed by atoms with Crippen molar-refractivity contribution in [2.45, 2.75) is 0 Å². The molecule has 0 aliphatic carbocycles. The highest BCUT2D eigenvalue weighted by Crippen LogP contribution is 2.13. The van der Waals surface area contributed by atoms with E-state index < -0.39 is 5.91 Å². The third-order valence-corrected chi connectivity index (χ3v) is 2.37. The molecule has 5 nitrogen and oxygen atoms in total. The summed E-state index contributed by atoms with van der Waals surface area (Å²) in [6.07, 6.45) is 1.59. The molecule has 1 aromatic rings. The van der Waals surface area contributed by atoms with Crippen molar-refractivity contribution >= 4 is 11.6 Å². The Bertz CT molecular complexity index is 360. The van der Waals surface area contributed by atoms with Crippen LogP contribution in [0.3, 0.4) is 0 Å². The van der Waals surface area contributed by atoms with E-state index >= 15 is 0 Å². The molecule has 3 N–H and O–H groups in total. The van der Waals surface area contributed by atoms with Crippen LogP contribution >= 0.6 is 0 Å². The minimum Gasteiger partial charge on any atom is -0.368 e. The molecule has 0 saturated carbocycles. The fourth-order valence-electron chi connectivity index (χ4n) is 1.59. The molecule has 79 valence electrons. The zero-order chi connectivity index (χ0) is 10.7. The molecule has 0 bridgehead atoms. The van der Waals surface area contributed by atoms with Gasteiger partial charge >= 0.3 is 0 Å². The van der Waals surface area contributed by atoms with E-state index in [0.717, 1.165) is 31.9 Å². The summed E-state index contributed by atoms with van der Waals surface area (Å²) in [4.78, 5) is 17.0. The van der Waals surface area contributed by atoms with Crippen LogP contribution in [-0.4, -0.2) is 37.1 Å². The zero-order valence-electron chi connectivity index (χ0n) is 8.36. The number of aromatic nitrogens is 1. The molecule has 1 saturated heterocycles. The molecule has 0 unspecified atom stereocenters. The number of carbonyl (C=O) groups excluding carboxylic acids is 1. The van der Waals surface area contributed by atoms with E-state index in [0.29, 0.717) is 0 Å². The number of nitrogens with one attached hydrogen (secondary N) is 1. The summed E-state index contributed by atoms with van der Waals surface area (Å²) in [5.41, 5.74) is 6.24. The molecule has 2 heterocycles. The first-order valence-corrected chi connectivity index (χ1v) is 4.91. The molecule has 15 heavy (non-hydrogen) atoms. The summed E-state index contributed by atoms with van der Waals surface area (Å²) in [6, 6.07) is 4.77. The summed E-state index contributed by atoms with van der Waals surface area (Å²) in [7, 11) is 0. The summed E-state index contributed by atoms with van der Waals surface area (Å²) in [5, 5.41) is 3.26. The number of nitrogens with zero attached hydrogens (tertiary/aromatic N) is 2. The van der Waals surface area contributed by atoms with Gasteiger partial charge in [-0.15, -0.1) is 0 Å². The second-order valence-corrected chi connectivity index (χ2v) is 3.40. The smallest absolute Gasteiger partial charge is 0.268 e. The number of carbonyl (C=O) groups is 1. The molecular formula is C10H13N4O. The Morgan fingerprint density at radius 2 is 2.27 bits per heavy atom. The van der Waals surface area contributed by atoms with E-state index in [1.807, 2.05) is 6.07 Å².